The maximum absolute atomic E-state index is 2.75. The van der Waals surface area contributed by atoms with Gasteiger partial charge in [0.25, 0.3) is 0 Å². The molecule has 3 aliphatic heterocycles. The molecule has 2 atom stereocenters. The highest BCUT2D eigenvalue weighted by Gasteiger charge is 2.40. The molecule has 0 aromatic rings. The molecular formula is C14H27N3. The Morgan fingerprint density at radius 2 is 1.71 bits per heavy atom. The number of hydrogen-bond donors (Lipinski definition) is 0. The standard InChI is InChI=1S/C14H27N3/c1-15-6-3-12(4-7-15)9-17-8-5-14-13(11-17)10-16(14)2/h12-14H,3-11H2,1-2H3/t13-,14+/m1/s1. The maximum atomic E-state index is 2.75. The van der Waals surface area contributed by atoms with Gasteiger partial charge in [0.05, 0.1) is 0 Å². The van der Waals surface area contributed by atoms with Crippen molar-refractivity contribution in [3.63, 3.8) is 0 Å². The summed E-state index contributed by atoms with van der Waals surface area (Å²) in [4.78, 5) is 7.77. The van der Waals surface area contributed by atoms with E-state index in [9.17, 15) is 0 Å². The zero-order chi connectivity index (χ0) is 11.8. The van der Waals surface area contributed by atoms with Crippen molar-refractivity contribution in [1.29, 1.82) is 0 Å². The lowest BCUT2D eigenvalue weighted by Gasteiger charge is -2.52. The fourth-order valence-electron chi connectivity index (χ4n) is 4.00. The SMILES string of the molecule is CN1CCC(CN2CC[C@H]3[C@@H](C2)CN3C)CC1. The first-order valence-corrected chi connectivity index (χ1v) is 7.33. The summed E-state index contributed by atoms with van der Waals surface area (Å²) in [7, 11) is 4.54. The fourth-order valence-corrected chi connectivity index (χ4v) is 4.00. The van der Waals surface area contributed by atoms with Gasteiger partial charge in [0.15, 0.2) is 0 Å². The minimum absolute atomic E-state index is 0.920. The van der Waals surface area contributed by atoms with Crippen LogP contribution in [-0.4, -0.2) is 74.1 Å². The zero-order valence-corrected chi connectivity index (χ0v) is 11.4. The molecule has 3 heteroatoms. The van der Waals surface area contributed by atoms with E-state index in [1.54, 1.807) is 0 Å². The van der Waals surface area contributed by atoms with Gasteiger partial charge in [-0.2, -0.15) is 0 Å². The van der Waals surface area contributed by atoms with Crippen LogP contribution in [0.1, 0.15) is 19.3 Å². The summed E-state index contributed by atoms with van der Waals surface area (Å²) in [6.45, 7) is 8.06. The minimum atomic E-state index is 0.920. The first kappa shape index (κ1) is 11.9. The lowest BCUT2D eigenvalue weighted by Crippen LogP contribution is -2.62. The quantitative estimate of drug-likeness (QED) is 0.708. The van der Waals surface area contributed by atoms with Crippen molar-refractivity contribution >= 4 is 0 Å². The third-order valence-corrected chi connectivity index (χ3v) is 5.22. The predicted molar refractivity (Wildman–Crippen MR) is 71.2 cm³/mol. The Kier molecular flexibility index (Phi) is 3.42. The third kappa shape index (κ3) is 2.51. The Morgan fingerprint density at radius 3 is 2.35 bits per heavy atom. The molecule has 3 heterocycles. The highest BCUT2D eigenvalue weighted by molar-refractivity contribution is 4.95. The van der Waals surface area contributed by atoms with Crippen LogP contribution in [0.15, 0.2) is 0 Å². The van der Waals surface area contributed by atoms with E-state index in [-0.39, 0.29) is 0 Å². The van der Waals surface area contributed by atoms with Gasteiger partial charge >= 0.3 is 0 Å². The smallest absolute Gasteiger partial charge is 0.0157 e. The summed E-state index contributed by atoms with van der Waals surface area (Å²) in [5.74, 6) is 1.96. The van der Waals surface area contributed by atoms with Crippen molar-refractivity contribution in [2.45, 2.75) is 25.3 Å². The Hall–Kier alpha value is -0.120. The summed E-state index contributed by atoms with van der Waals surface area (Å²) in [5, 5.41) is 0. The van der Waals surface area contributed by atoms with Crippen LogP contribution in [0.25, 0.3) is 0 Å². The van der Waals surface area contributed by atoms with E-state index in [4.69, 9.17) is 0 Å². The Labute approximate surface area is 106 Å². The van der Waals surface area contributed by atoms with Crippen LogP contribution in [0.5, 0.6) is 0 Å². The molecule has 0 aromatic carbocycles. The number of likely N-dealkylation sites (tertiary alicyclic amines) is 3. The highest BCUT2D eigenvalue weighted by Crippen LogP contribution is 2.31. The first-order valence-electron chi connectivity index (χ1n) is 7.33. The van der Waals surface area contributed by atoms with Gasteiger partial charge in [-0.1, -0.05) is 0 Å². The van der Waals surface area contributed by atoms with Crippen LogP contribution >= 0.6 is 0 Å². The molecule has 3 saturated heterocycles. The average Bonchev–Trinajstić information content (AvgIpc) is 2.31. The van der Waals surface area contributed by atoms with Crippen LogP contribution < -0.4 is 0 Å². The lowest BCUT2D eigenvalue weighted by molar-refractivity contribution is -0.0311. The molecule has 0 spiro atoms. The minimum Gasteiger partial charge on any atom is -0.306 e. The second-order valence-corrected chi connectivity index (χ2v) is 6.56. The normalized spacial score (nSPS) is 37.8. The molecule has 3 aliphatic rings. The molecule has 0 aromatic heterocycles. The molecular weight excluding hydrogens is 210 g/mol. The first-order chi connectivity index (χ1) is 8.22. The van der Waals surface area contributed by atoms with Gasteiger partial charge in [-0.05, 0) is 64.8 Å². The van der Waals surface area contributed by atoms with E-state index in [0.717, 1.165) is 17.9 Å². The van der Waals surface area contributed by atoms with Crippen molar-refractivity contribution in [2.24, 2.45) is 11.8 Å². The van der Waals surface area contributed by atoms with Crippen molar-refractivity contribution in [1.82, 2.24) is 14.7 Å². The number of fused-ring (bicyclic) bond motifs is 1. The van der Waals surface area contributed by atoms with Gasteiger partial charge in [-0.25, -0.2) is 0 Å². The van der Waals surface area contributed by atoms with Gasteiger partial charge < -0.3 is 14.7 Å². The van der Waals surface area contributed by atoms with Crippen LogP contribution in [-0.2, 0) is 0 Å². The van der Waals surface area contributed by atoms with E-state index in [1.807, 2.05) is 0 Å². The van der Waals surface area contributed by atoms with Crippen LogP contribution in [0.3, 0.4) is 0 Å². The van der Waals surface area contributed by atoms with Gasteiger partial charge in [0, 0.05) is 25.7 Å². The van der Waals surface area contributed by atoms with E-state index < -0.39 is 0 Å². The highest BCUT2D eigenvalue weighted by atomic mass is 15.3. The molecule has 3 fully saturated rings. The molecule has 0 saturated carbocycles. The molecule has 0 amide bonds. The molecule has 0 radical (unpaired) electrons. The topological polar surface area (TPSA) is 9.72 Å². The Morgan fingerprint density at radius 1 is 0.941 bits per heavy atom. The third-order valence-electron chi connectivity index (χ3n) is 5.22. The largest absolute Gasteiger partial charge is 0.306 e. The molecule has 98 valence electrons. The van der Waals surface area contributed by atoms with Gasteiger partial charge in [0.1, 0.15) is 0 Å². The van der Waals surface area contributed by atoms with Crippen LogP contribution in [0, 0.1) is 11.8 Å². The molecule has 3 rings (SSSR count). The van der Waals surface area contributed by atoms with Crippen LogP contribution in [0.4, 0.5) is 0 Å². The Balaban J connectivity index is 1.44. The molecule has 3 nitrogen and oxygen atoms in total. The summed E-state index contributed by atoms with van der Waals surface area (Å²) >= 11 is 0. The van der Waals surface area contributed by atoms with E-state index in [1.165, 1.54) is 58.5 Å². The second-order valence-electron chi connectivity index (χ2n) is 6.56. The van der Waals surface area contributed by atoms with E-state index in [0.29, 0.717) is 0 Å². The summed E-state index contributed by atoms with van der Waals surface area (Å²) in [6.07, 6.45) is 4.25. The van der Waals surface area contributed by atoms with Crippen molar-refractivity contribution in [2.75, 3.05) is 53.4 Å². The summed E-state index contributed by atoms with van der Waals surface area (Å²) in [6, 6.07) is 0.920. The van der Waals surface area contributed by atoms with Gasteiger partial charge in [-0.3, -0.25) is 0 Å². The second kappa shape index (κ2) is 4.87. The number of rotatable bonds is 2. The number of hydrogen-bond acceptors (Lipinski definition) is 3. The lowest BCUT2D eigenvalue weighted by atomic mass is 9.82. The fraction of sp³-hybridized carbons (Fsp3) is 1.00. The van der Waals surface area contributed by atoms with Crippen LogP contribution in [0.2, 0.25) is 0 Å². The predicted octanol–water partition coefficient (Wildman–Crippen LogP) is 0.964. The van der Waals surface area contributed by atoms with Crippen molar-refractivity contribution < 1.29 is 0 Å². The monoisotopic (exact) mass is 237 g/mol. The number of nitrogens with zero attached hydrogens (tertiary/aromatic N) is 3. The van der Waals surface area contributed by atoms with E-state index >= 15 is 0 Å². The van der Waals surface area contributed by atoms with Crippen molar-refractivity contribution in [3.05, 3.63) is 0 Å². The van der Waals surface area contributed by atoms with Gasteiger partial charge in [0.2, 0.25) is 0 Å². The maximum Gasteiger partial charge on any atom is 0.0157 e. The van der Waals surface area contributed by atoms with Gasteiger partial charge in [-0.15, -0.1) is 0 Å². The van der Waals surface area contributed by atoms with E-state index in [2.05, 4.69) is 28.8 Å². The Bertz CT molecular complexity index is 260. The summed E-state index contributed by atoms with van der Waals surface area (Å²) in [5.41, 5.74) is 0. The molecule has 17 heavy (non-hydrogen) atoms. The molecule has 0 N–H and O–H groups in total. The zero-order valence-electron chi connectivity index (χ0n) is 11.4. The molecule has 0 unspecified atom stereocenters. The molecule has 0 bridgehead atoms. The average molecular weight is 237 g/mol. The number of piperidine rings is 2. The molecule has 0 aliphatic carbocycles. The summed E-state index contributed by atoms with van der Waals surface area (Å²) < 4.78 is 0. The van der Waals surface area contributed by atoms with Crippen molar-refractivity contribution in [3.8, 4) is 0 Å².